The highest BCUT2D eigenvalue weighted by Crippen LogP contribution is 2.34. The van der Waals surface area contributed by atoms with Crippen LogP contribution in [0.3, 0.4) is 0 Å². The number of rotatable bonds is 13. The molecule has 0 aliphatic carbocycles. The molecule has 0 fully saturated rings. The molecule has 4 aromatic rings. The summed E-state index contributed by atoms with van der Waals surface area (Å²) in [5.74, 6) is -1.51. The first-order valence-electron chi connectivity index (χ1n) is 13.8. The molecule has 10 nitrogen and oxygen atoms in total. The van der Waals surface area contributed by atoms with Crippen molar-refractivity contribution < 1.29 is 40.8 Å². The Morgan fingerprint density at radius 2 is 1.37 bits per heavy atom. The van der Waals surface area contributed by atoms with Gasteiger partial charge in [0.2, 0.25) is 10.0 Å². The maximum Gasteiger partial charge on any atom is 0.416 e. The highest BCUT2D eigenvalue weighted by Gasteiger charge is 2.37. The molecule has 0 saturated heterocycles. The van der Waals surface area contributed by atoms with Crippen molar-refractivity contribution >= 4 is 27.6 Å². The third-order valence-electron chi connectivity index (χ3n) is 6.76. The van der Waals surface area contributed by atoms with Gasteiger partial charge in [0.25, 0.3) is 11.6 Å². The van der Waals surface area contributed by atoms with E-state index in [9.17, 15) is 41.3 Å². The van der Waals surface area contributed by atoms with Crippen LogP contribution in [0.4, 0.5) is 18.9 Å². The van der Waals surface area contributed by atoms with Gasteiger partial charge in [0.1, 0.15) is 12.6 Å². The number of nitrogens with one attached hydrogen (secondary N) is 2. The Labute approximate surface area is 262 Å². The summed E-state index contributed by atoms with van der Waals surface area (Å²) in [6.45, 7) is -0.375. The number of benzene rings is 4. The second-order valence-electron chi connectivity index (χ2n) is 10.2. The van der Waals surface area contributed by atoms with Crippen molar-refractivity contribution in [3.05, 3.63) is 142 Å². The van der Waals surface area contributed by atoms with Gasteiger partial charge >= 0.3 is 12.1 Å². The number of carbonyl (C=O) groups is 2. The standard InChI is InChI=1S/C32H28F3N3O7S/c33-32(34,35)25-16-17-29(28(20-25)38(41)42)46(43,44)37-27(19-23-12-6-2-7-13-23)31(40)45-21-26(18-22-10-4-1-5-11-22)36-30(39)24-14-8-3-9-15-24/h1-17,20,26-27,37H,18-19,21H2,(H,36,39)/t26-,27-/m0/s1. The minimum atomic E-state index is -4.97. The Kier molecular flexibility index (Phi) is 10.9. The molecule has 2 N–H and O–H groups in total. The second-order valence-corrected chi connectivity index (χ2v) is 11.8. The number of nitrogens with zero attached hydrogens (tertiary/aromatic N) is 1. The Morgan fingerprint density at radius 3 is 1.91 bits per heavy atom. The first-order valence-corrected chi connectivity index (χ1v) is 15.3. The van der Waals surface area contributed by atoms with E-state index in [1.165, 1.54) is 0 Å². The smallest absolute Gasteiger partial charge is 0.416 e. The fraction of sp³-hybridized carbons (Fsp3) is 0.188. The molecular weight excluding hydrogens is 627 g/mol. The van der Waals surface area contributed by atoms with Crippen LogP contribution in [-0.2, 0) is 38.6 Å². The molecule has 0 aromatic heterocycles. The van der Waals surface area contributed by atoms with Gasteiger partial charge in [-0.3, -0.25) is 19.7 Å². The molecule has 0 radical (unpaired) electrons. The SMILES string of the molecule is O=C(N[C@H](COC(=O)[C@H](Cc1ccccc1)NS(=O)(=O)c1ccc(C(F)(F)F)cc1[N+](=O)[O-])Cc1ccccc1)c1ccccc1. The van der Waals surface area contributed by atoms with Gasteiger partial charge in [-0.2, -0.15) is 17.9 Å². The lowest BCUT2D eigenvalue weighted by Crippen LogP contribution is -2.46. The van der Waals surface area contributed by atoms with E-state index in [-0.39, 0.29) is 25.5 Å². The van der Waals surface area contributed by atoms with Gasteiger partial charge < -0.3 is 10.1 Å². The second kappa shape index (κ2) is 14.8. The molecule has 2 atom stereocenters. The van der Waals surface area contributed by atoms with Crippen molar-refractivity contribution in [1.82, 2.24) is 10.0 Å². The van der Waals surface area contributed by atoms with Crippen LogP contribution in [-0.4, -0.2) is 43.9 Å². The number of hydrogen-bond acceptors (Lipinski definition) is 7. The molecule has 0 unspecified atom stereocenters. The predicted molar refractivity (Wildman–Crippen MR) is 161 cm³/mol. The zero-order valence-electron chi connectivity index (χ0n) is 24.0. The van der Waals surface area contributed by atoms with E-state index in [4.69, 9.17) is 4.74 Å². The Bertz CT molecular complexity index is 1770. The van der Waals surface area contributed by atoms with E-state index in [2.05, 4.69) is 10.0 Å². The van der Waals surface area contributed by atoms with Gasteiger partial charge in [0.15, 0.2) is 4.90 Å². The monoisotopic (exact) mass is 655 g/mol. The normalized spacial score (nSPS) is 12.9. The Balaban J connectivity index is 1.59. The highest BCUT2D eigenvalue weighted by atomic mass is 32.2. The minimum absolute atomic E-state index is 0.114. The van der Waals surface area contributed by atoms with Crippen molar-refractivity contribution in [2.75, 3.05) is 6.61 Å². The molecule has 0 saturated carbocycles. The number of carbonyl (C=O) groups excluding carboxylic acids is 2. The van der Waals surface area contributed by atoms with Crippen molar-refractivity contribution in [1.29, 1.82) is 0 Å². The van der Waals surface area contributed by atoms with Crippen LogP contribution in [0, 0.1) is 10.1 Å². The number of esters is 1. The zero-order valence-corrected chi connectivity index (χ0v) is 24.8. The molecule has 0 aliphatic heterocycles. The number of hydrogen-bond donors (Lipinski definition) is 2. The van der Waals surface area contributed by atoms with Gasteiger partial charge in [-0.25, -0.2) is 8.42 Å². The van der Waals surface area contributed by atoms with Crippen molar-refractivity contribution in [2.24, 2.45) is 0 Å². The highest BCUT2D eigenvalue weighted by molar-refractivity contribution is 7.89. The zero-order chi connectivity index (χ0) is 33.3. The van der Waals surface area contributed by atoms with E-state index in [1.807, 2.05) is 18.2 Å². The summed E-state index contributed by atoms with van der Waals surface area (Å²) in [6, 6.07) is 24.1. The van der Waals surface area contributed by atoms with E-state index >= 15 is 0 Å². The first kappa shape index (κ1) is 33.8. The van der Waals surface area contributed by atoms with Crippen molar-refractivity contribution in [2.45, 2.75) is 36.0 Å². The number of nitro benzene ring substituents is 1. The molecule has 0 heterocycles. The molecule has 1 amide bonds. The quantitative estimate of drug-likeness (QED) is 0.116. The van der Waals surface area contributed by atoms with Gasteiger partial charge in [-0.1, -0.05) is 78.9 Å². The first-order chi connectivity index (χ1) is 21.8. The summed E-state index contributed by atoms with van der Waals surface area (Å²) in [5, 5.41) is 14.4. The number of amides is 1. The molecule has 0 bridgehead atoms. The van der Waals surface area contributed by atoms with Crippen LogP contribution in [0.15, 0.2) is 114 Å². The third-order valence-corrected chi connectivity index (χ3v) is 8.28. The summed E-state index contributed by atoms with van der Waals surface area (Å²) in [4.78, 5) is 35.6. The largest absolute Gasteiger partial charge is 0.462 e. The van der Waals surface area contributed by atoms with Crippen LogP contribution in [0.1, 0.15) is 27.0 Å². The average Bonchev–Trinajstić information content (AvgIpc) is 3.03. The topological polar surface area (TPSA) is 145 Å². The third kappa shape index (κ3) is 9.22. The fourth-order valence-electron chi connectivity index (χ4n) is 4.53. The number of halogens is 3. The van der Waals surface area contributed by atoms with E-state index in [0.717, 1.165) is 5.56 Å². The number of ether oxygens (including phenoxy) is 1. The summed E-state index contributed by atoms with van der Waals surface area (Å²) in [6.07, 6.45) is -4.97. The van der Waals surface area contributed by atoms with Crippen molar-refractivity contribution in [3.63, 3.8) is 0 Å². The van der Waals surface area contributed by atoms with E-state index in [1.54, 1.807) is 72.8 Å². The summed E-state index contributed by atoms with van der Waals surface area (Å²) in [5.41, 5.74) is -1.07. The summed E-state index contributed by atoms with van der Waals surface area (Å²) < 4.78 is 73.9. The van der Waals surface area contributed by atoms with Crippen LogP contribution in [0.5, 0.6) is 0 Å². The van der Waals surface area contributed by atoms with Gasteiger partial charge in [0, 0.05) is 11.6 Å². The van der Waals surface area contributed by atoms with Crippen LogP contribution < -0.4 is 10.0 Å². The van der Waals surface area contributed by atoms with Crippen LogP contribution in [0.25, 0.3) is 0 Å². The van der Waals surface area contributed by atoms with E-state index < -0.39 is 61.2 Å². The van der Waals surface area contributed by atoms with Gasteiger partial charge in [-0.15, -0.1) is 0 Å². The molecule has 240 valence electrons. The minimum Gasteiger partial charge on any atom is -0.462 e. The lowest BCUT2D eigenvalue weighted by Gasteiger charge is -2.22. The predicted octanol–water partition coefficient (Wildman–Crippen LogP) is 5.09. The Morgan fingerprint density at radius 1 is 0.826 bits per heavy atom. The molecule has 14 heteroatoms. The van der Waals surface area contributed by atoms with Crippen LogP contribution in [0.2, 0.25) is 0 Å². The lowest BCUT2D eigenvalue weighted by molar-refractivity contribution is -0.388. The van der Waals surface area contributed by atoms with Gasteiger partial charge in [0.05, 0.1) is 16.5 Å². The maximum absolute atomic E-state index is 13.4. The summed E-state index contributed by atoms with van der Waals surface area (Å²) >= 11 is 0. The molecule has 0 spiro atoms. The lowest BCUT2D eigenvalue weighted by atomic mass is 10.1. The molecular formula is C32H28F3N3O7S. The number of sulfonamides is 1. The van der Waals surface area contributed by atoms with Gasteiger partial charge in [-0.05, 0) is 48.2 Å². The molecule has 4 aromatic carbocycles. The maximum atomic E-state index is 13.4. The van der Waals surface area contributed by atoms with E-state index in [0.29, 0.717) is 23.3 Å². The fourth-order valence-corrected chi connectivity index (χ4v) is 5.87. The van der Waals surface area contributed by atoms with Crippen LogP contribution >= 0.6 is 0 Å². The summed E-state index contributed by atoms with van der Waals surface area (Å²) in [7, 11) is -4.93. The molecule has 4 rings (SSSR count). The number of nitro groups is 1. The number of alkyl halides is 3. The molecule has 46 heavy (non-hydrogen) atoms. The Hall–Kier alpha value is -5.08. The molecule has 0 aliphatic rings. The average molecular weight is 656 g/mol. The van der Waals surface area contributed by atoms with Crippen molar-refractivity contribution in [3.8, 4) is 0 Å².